The van der Waals surface area contributed by atoms with Gasteiger partial charge in [-0.05, 0) is 6.92 Å². The summed E-state index contributed by atoms with van der Waals surface area (Å²) in [6.45, 7) is 1.62. The molecule has 4 nitrogen and oxygen atoms in total. The molecule has 48 valence electrons. The molecule has 4 heteroatoms. The number of carboxylic acids is 1. The molecule has 0 aliphatic rings. The van der Waals surface area contributed by atoms with Crippen molar-refractivity contribution < 1.29 is 9.90 Å². The van der Waals surface area contributed by atoms with Crippen LogP contribution in [0.4, 0.5) is 0 Å². The monoisotopic (exact) mass is 125 g/mol. The summed E-state index contributed by atoms with van der Waals surface area (Å²) in [7, 11) is 0. The van der Waals surface area contributed by atoms with Crippen molar-refractivity contribution in [1.29, 1.82) is 0 Å². The second-order valence-electron chi connectivity index (χ2n) is 1.70. The van der Waals surface area contributed by atoms with E-state index in [9.17, 15) is 9.90 Å². The van der Waals surface area contributed by atoms with Crippen LogP contribution in [-0.4, -0.2) is 16.2 Å². The Kier molecular flexibility index (Phi) is 1.22. The molecule has 9 heavy (non-hydrogen) atoms. The Labute approximate surface area is 51.5 Å². The third kappa shape index (κ3) is 0.910. The van der Waals surface area contributed by atoms with E-state index in [2.05, 4.69) is 10.2 Å². The van der Waals surface area contributed by atoms with Crippen molar-refractivity contribution in [3.63, 3.8) is 0 Å². The van der Waals surface area contributed by atoms with Gasteiger partial charge in [-0.3, -0.25) is 5.10 Å². The smallest absolute Gasteiger partial charge is 0.0749 e. The number of aromatic carboxylic acids is 1. The fraction of sp³-hybridized carbons (Fsp3) is 0.200. The third-order valence-electron chi connectivity index (χ3n) is 1.05. The zero-order valence-corrected chi connectivity index (χ0v) is 4.84. The van der Waals surface area contributed by atoms with Crippen molar-refractivity contribution in [2.75, 3.05) is 0 Å². The molecule has 0 aliphatic heterocycles. The molecule has 0 radical (unpaired) electrons. The Balaban J connectivity index is 3.08. The number of aryl methyl sites for hydroxylation is 1. The summed E-state index contributed by atoms with van der Waals surface area (Å²) in [6.07, 6.45) is 1.23. The number of aromatic amines is 1. The third-order valence-corrected chi connectivity index (χ3v) is 1.05. The highest BCUT2D eigenvalue weighted by atomic mass is 16.4. The molecule has 0 bridgehead atoms. The Morgan fingerprint density at radius 1 is 1.89 bits per heavy atom. The minimum absolute atomic E-state index is 0.120. The van der Waals surface area contributed by atoms with Crippen LogP contribution >= 0.6 is 0 Å². The van der Waals surface area contributed by atoms with Gasteiger partial charge in [0.25, 0.3) is 0 Å². The van der Waals surface area contributed by atoms with Crippen LogP contribution in [0.3, 0.4) is 0 Å². The molecule has 0 unspecified atom stereocenters. The lowest BCUT2D eigenvalue weighted by Gasteiger charge is -1.95. The number of H-pyrrole nitrogens is 1. The Morgan fingerprint density at radius 2 is 2.56 bits per heavy atom. The molecule has 1 N–H and O–H groups in total. The lowest BCUT2D eigenvalue weighted by molar-refractivity contribution is -0.255. The maximum Gasteiger partial charge on any atom is 0.0749 e. The standard InChI is InChI=1S/C5H6N2O2/c1-3-4(5(8)9)2-6-7-3/h2H,1H3,(H,6,7)(H,8,9)/p-1. The summed E-state index contributed by atoms with van der Waals surface area (Å²) in [5.74, 6) is -1.19. The predicted molar refractivity (Wildman–Crippen MR) is 27.7 cm³/mol. The fourth-order valence-corrected chi connectivity index (χ4v) is 0.556. The Bertz CT molecular complexity index is 229. The van der Waals surface area contributed by atoms with Crippen LogP contribution < -0.4 is 5.11 Å². The number of rotatable bonds is 1. The van der Waals surface area contributed by atoms with E-state index >= 15 is 0 Å². The molecule has 0 aromatic carbocycles. The van der Waals surface area contributed by atoms with E-state index in [4.69, 9.17) is 0 Å². The molecule has 0 atom stereocenters. The molecule has 0 saturated heterocycles. The number of hydrogen-bond donors (Lipinski definition) is 1. The fourth-order valence-electron chi connectivity index (χ4n) is 0.556. The molecule has 1 rings (SSSR count). The van der Waals surface area contributed by atoms with Crippen LogP contribution in [0, 0.1) is 6.92 Å². The van der Waals surface area contributed by atoms with E-state index in [1.807, 2.05) is 0 Å². The number of nitrogens with one attached hydrogen (secondary N) is 1. The highest BCUT2D eigenvalue weighted by Crippen LogP contribution is 1.98. The van der Waals surface area contributed by atoms with Crippen LogP contribution in [-0.2, 0) is 0 Å². The van der Waals surface area contributed by atoms with Gasteiger partial charge >= 0.3 is 0 Å². The predicted octanol–water partition coefficient (Wildman–Crippen LogP) is -0.918. The average molecular weight is 125 g/mol. The Morgan fingerprint density at radius 3 is 2.78 bits per heavy atom. The SMILES string of the molecule is Cc1[nH]ncc1C(=O)[O-]. The van der Waals surface area contributed by atoms with Gasteiger partial charge in [0.2, 0.25) is 0 Å². The van der Waals surface area contributed by atoms with E-state index in [1.54, 1.807) is 6.92 Å². The number of carboxylic acid groups (broad SMARTS) is 1. The summed E-state index contributed by atoms with van der Waals surface area (Å²) in [6, 6.07) is 0. The minimum atomic E-state index is -1.19. The van der Waals surface area contributed by atoms with Gasteiger partial charge in [-0.1, -0.05) is 0 Å². The Hall–Kier alpha value is -1.32. The van der Waals surface area contributed by atoms with Crippen molar-refractivity contribution in [3.8, 4) is 0 Å². The summed E-state index contributed by atoms with van der Waals surface area (Å²) in [4.78, 5) is 10.1. The maximum absolute atomic E-state index is 10.1. The van der Waals surface area contributed by atoms with Gasteiger partial charge in [0, 0.05) is 11.3 Å². The molecule has 1 aromatic rings. The quantitative estimate of drug-likeness (QED) is 0.527. The molecular formula is C5H5N2O2-. The van der Waals surface area contributed by atoms with Gasteiger partial charge in [-0.15, -0.1) is 0 Å². The van der Waals surface area contributed by atoms with Gasteiger partial charge in [0.05, 0.1) is 12.2 Å². The molecule has 1 aromatic heterocycles. The van der Waals surface area contributed by atoms with E-state index in [-0.39, 0.29) is 5.56 Å². The van der Waals surface area contributed by atoms with E-state index in [0.29, 0.717) is 5.69 Å². The van der Waals surface area contributed by atoms with Gasteiger partial charge < -0.3 is 9.90 Å². The second kappa shape index (κ2) is 1.89. The summed E-state index contributed by atoms with van der Waals surface area (Å²) < 4.78 is 0. The van der Waals surface area contributed by atoms with Crippen LogP contribution in [0.25, 0.3) is 0 Å². The van der Waals surface area contributed by atoms with Gasteiger partial charge in [0.1, 0.15) is 0 Å². The average Bonchev–Trinajstić information content (AvgIpc) is 2.13. The molecule has 0 spiro atoms. The molecule has 0 amide bonds. The first-order valence-corrected chi connectivity index (χ1v) is 2.43. The maximum atomic E-state index is 10.1. The van der Waals surface area contributed by atoms with Gasteiger partial charge in [0.15, 0.2) is 0 Å². The van der Waals surface area contributed by atoms with Gasteiger partial charge in [-0.25, -0.2) is 0 Å². The zero-order chi connectivity index (χ0) is 6.85. The lowest BCUT2D eigenvalue weighted by Crippen LogP contribution is -2.22. The summed E-state index contributed by atoms with van der Waals surface area (Å²) >= 11 is 0. The van der Waals surface area contributed by atoms with Crippen molar-refractivity contribution in [2.24, 2.45) is 0 Å². The number of hydrogen-bond acceptors (Lipinski definition) is 3. The number of carbonyl (C=O) groups excluding carboxylic acids is 1. The second-order valence-corrected chi connectivity index (χ2v) is 1.70. The normalized spacial score (nSPS) is 9.44. The first-order valence-electron chi connectivity index (χ1n) is 2.43. The molecule has 1 heterocycles. The van der Waals surface area contributed by atoms with Crippen LogP contribution in [0.15, 0.2) is 6.20 Å². The first kappa shape index (κ1) is 5.81. The highest BCUT2D eigenvalue weighted by molar-refractivity contribution is 5.86. The van der Waals surface area contributed by atoms with Crippen LogP contribution in [0.5, 0.6) is 0 Å². The van der Waals surface area contributed by atoms with Crippen molar-refractivity contribution >= 4 is 5.97 Å². The number of carbonyl (C=O) groups is 1. The lowest BCUT2D eigenvalue weighted by atomic mass is 10.3. The van der Waals surface area contributed by atoms with Gasteiger partial charge in [-0.2, -0.15) is 5.10 Å². The van der Waals surface area contributed by atoms with Crippen LogP contribution in [0.2, 0.25) is 0 Å². The molecule has 0 aliphatic carbocycles. The molecule has 0 fully saturated rings. The summed E-state index contributed by atoms with van der Waals surface area (Å²) in [5, 5.41) is 16.1. The summed E-state index contributed by atoms with van der Waals surface area (Å²) in [5.41, 5.74) is 0.644. The van der Waals surface area contributed by atoms with E-state index in [1.165, 1.54) is 6.20 Å². The largest absolute Gasteiger partial charge is 0.545 e. The highest BCUT2D eigenvalue weighted by Gasteiger charge is 1.97. The van der Waals surface area contributed by atoms with Crippen molar-refractivity contribution in [3.05, 3.63) is 17.5 Å². The van der Waals surface area contributed by atoms with Crippen molar-refractivity contribution in [2.45, 2.75) is 6.92 Å². The van der Waals surface area contributed by atoms with Crippen LogP contribution in [0.1, 0.15) is 16.1 Å². The number of aromatic nitrogens is 2. The number of nitrogens with zero attached hydrogens (tertiary/aromatic N) is 1. The molecular weight excluding hydrogens is 120 g/mol. The topological polar surface area (TPSA) is 68.8 Å². The first-order chi connectivity index (χ1) is 4.22. The molecule has 0 saturated carbocycles. The van der Waals surface area contributed by atoms with Crippen molar-refractivity contribution in [1.82, 2.24) is 10.2 Å². The van der Waals surface area contributed by atoms with E-state index < -0.39 is 5.97 Å². The zero-order valence-electron chi connectivity index (χ0n) is 4.84. The minimum Gasteiger partial charge on any atom is -0.545 e. The van der Waals surface area contributed by atoms with E-state index in [0.717, 1.165) is 0 Å².